The van der Waals surface area contributed by atoms with Gasteiger partial charge in [-0.15, -0.1) is 0 Å². The SMILES string of the molecule is CCOCC(C)NS(=O)(=O)c1cc([N+](=O)[O-])ccc1N. The van der Waals surface area contributed by atoms with E-state index >= 15 is 0 Å². The fourth-order valence-electron chi connectivity index (χ4n) is 1.53. The average molecular weight is 303 g/mol. The van der Waals surface area contributed by atoms with Crippen LogP contribution >= 0.6 is 0 Å². The number of hydrogen-bond donors (Lipinski definition) is 2. The monoisotopic (exact) mass is 303 g/mol. The number of rotatable bonds is 7. The summed E-state index contributed by atoms with van der Waals surface area (Å²) in [6, 6.07) is 2.81. The molecule has 0 spiro atoms. The van der Waals surface area contributed by atoms with E-state index in [1.165, 1.54) is 6.07 Å². The molecule has 0 radical (unpaired) electrons. The fourth-order valence-corrected chi connectivity index (χ4v) is 2.91. The average Bonchev–Trinajstić information content (AvgIpc) is 2.35. The summed E-state index contributed by atoms with van der Waals surface area (Å²) < 4.78 is 31.7. The molecule has 0 aliphatic carbocycles. The first kappa shape index (κ1) is 16.3. The maximum atomic E-state index is 12.1. The van der Waals surface area contributed by atoms with Crippen molar-refractivity contribution >= 4 is 21.4 Å². The first-order chi connectivity index (χ1) is 9.27. The van der Waals surface area contributed by atoms with Crippen molar-refractivity contribution in [1.82, 2.24) is 4.72 Å². The summed E-state index contributed by atoms with van der Waals surface area (Å²) >= 11 is 0. The van der Waals surface area contributed by atoms with Crippen molar-refractivity contribution in [3.05, 3.63) is 28.3 Å². The Morgan fingerprint density at radius 2 is 2.15 bits per heavy atom. The van der Waals surface area contributed by atoms with Gasteiger partial charge in [-0.1, -0.05) is 0 Å². The Morgan fingerprint density at radius 3 is 2.70 bits per heavy atom. The van der Waals surface area contributed by atoms with Crippen LogP contribution in [-0.2, 0) is 14.8 Å². The molecule has 3 N–H and O–H groups in total. The molecule has 0 amide bonds. The predicted octanol–water partition coefficient (Wildman–Crippen LogP) is 0.880. The van der Waals surface area contributed by atoms with Gasteiger partial charge >= 0.3 is 0 Å². The third kappa shape index (κ3) is 4.15. The van der Waals surface area contributed by atoms with Gasteiger partial charge in [0, 0.05) is 24.8 Å². The number of non-ortho nitro benzene ring substituents is 1. The number of nitrogens with zero attached hydrogens (tertiary/aromatic N) is 1. The highest BCUT2D eigenvalue weighted by Gasteiger charge is 2.23. The van der Waals surface area contributed by atoms with E-state index in [-0.39, 0.29) is 22.9 Å². The minimum absolute atomic E-state index is 0.0493. The van der Waals surface area contributed by atoms with Crippen LogP contribution in [0.1, 0.15) is 13.8 Å². The number of nitrogens with one attached hydrogen (secondary N) is 1. The minimum atomic E-state index is -3.94. The normalized spacial score (nSPS) is 13.1. The van der Waals surface area contributed by atoms with Crippen LogP contribution in [-0.4, -0.2) is 32.6 Å². The number of sulfonamides is 1. The molecular formula is C11H17N3O5S. The van der Waals surface area contributed by atoms with Crippen LogP contribution in [0.15, 0.2) is 23.1 Å². The molecule has 20 heavy (non-hydrogen) atoms. The number of anilines is 1. The standard InChI is InChI=1S/C11H17N3O5S/c1-3-19-7-8(2)13-20(17,18)11-6-9(14(15)16)4-5-10(11)12/h4-6,8,13H,3,7,12H2,1-2H3. The number of ether oxygens (including phenoxy) is 1. The molecule has 8 nitrogen and oxygen atoms in total. The van der Waals surface area contributed by atoms with Crippen molar-refractivity contribution in [2.45, 2.75) is 24.8 Å². The zero-order valence-corrected chi connectivity index (χ0v) is 12.0. The topological polar surface area (TPSA) is 125 Å². The van der Waals surface area contributed by atoms with Gasteiger partial charge in [0.05, 0.1) is 17.2 Å². The number of nitrogen functional groups attached to an aromatic ring is 1. The smallest absolute Gasteiger partial charge is 0.270 e. The zero-order valence-electron chi connectivity index (χ0n) is 11.2. The zero-order chi connectivity index (χ0) is 15.3. The van der Waals surface area contributed by atoms with Gasteiger partial charge < -0.3 is 10.5 Å². The van der Waals surface area contributed by atoms with Crippen LogP contribution < -0.4 is 10.5 Å². The number of hydrogen-bond acceptors (Lipinski definition) is 6. The van der Waals surface area contributed by atoms with E-state index in [0.29, 0.717) is 6.61 Å². The van der Waals surface area contributed by atoms with E-state index in [1.54, 1.807) is 13.8 Å². The first-order valence-corrected chi connectivity index (χ1v) is 7.40. The molecule has 0 fully saturated rings. The first-order valence-electron chi connectivity index (χ1n) is 5.92. The van der Waals surface area contributed by atoms with Crippen molar-refractivity contribution in [3.8, 4) is 0 Å². The minimum Gasteiger partial charge on any atom is -0.398 e. The van der Waals surface area contributed by atoms with Gasteiger partial charge in [-0.05, 0) is 19.9 Å². The number of nitro groups is 1. The second-order valence-electron chi connectivity index (χ2n) is 4.16. The maximum absolute atomic E-state index is 12.1. The molecule has 0 bridgehead atoms. The molecule has 1 unspecified atom stereocenters. The van der Waals surface area contributed by atoms with E-state index in [0.717, 1.165) is 12.1 Å². The Balaban J connectivity index is 3.03. The third-order valence-electron chi connectivity index (χ3n) is 2.43. The van der Waals surface area contributed by atoms with Crippen LogP contribution in [0.3, 0.4) is 0 Å². The number of nitrogens with two attached hydrogens (primary N) is 1. The van der Waals surface area contributed by atoms with E-state index in [2.05, 4.69) is 4.72 Å². The second-order valence-corrected chi connectivity index (χ2v) is 5.84. The molecule has 1 aromatic rings. The quantitative estimate of drug-likeness (QED) is 0.437. The highest BCUT2D eigenvalue weighted by Crippen LogP contribution is 2.24. The molecule has 0 saturated heterocycles. The third-order valence-corrected chi connectivity index (χ3v) is 4.07. The van der Waals surface area contributed by atoms with Gasteiger partial charge in [0.2, 0.25) is 10.0 Å². The molecule has 1 rings (SSSR count). The Labute approximate surface area is 117 Å². The summed E-state index contributed by atoms with van der Waals surface area (Å²) in [7, 11) is -3.94. The van der Waals surface area contributed by atoms with E-state index in [1.807, 2.05) is 0 Å². The molecule has 112 valence electrons. The number of benzene rings is 1. The summed E-state index contributed by atoms with van der Waals surface area (Å²) in [4.78, 5) is 9.70. The Hall–Kier alpha value is -1.71. The van der Waals surface area contributed by atoms with Crippen molar-refractivity contribution in [3.63, 3.8) is 0 Å². The van der Waals surface area contributed by atoms with Gasteiger partial charge in [-0.3, -0.25) is 10.1 Å². The fraction of sp³-hybridized carbons (Fsp3) is 0.455. The van der Waals surface area contributed by atoms with Crippen molar-refractivity contribution in [2.24, 2.45) is 0 Å². The molecule has 0 heterocycles. The van der Waals surface area contributed by atoms with Gasteiger partial charge in [0.1, 0.15) is 4.90 Å². The van der Waals surface area contributed by atoms with Gasteiger partial charge in [0.25, 0.3) is 5.69 Å². The molecule has 0 aromatic heterocycles. The van der Waals surface area contributed by atoms with Crippen molar-refractivity contribution in [2.75, 3.05) is 18.9 Å². The van der Waals surface area contributed by atoms with E-state index in [4.69, 9.17) is 10.5 Å². The summed E-state index contributed by atoms with van der Waals surface area (Å²) in [5.74, 6) is 0. The van der Waals surface area contributed by atoms with Crippen LogP contribution in [0.2, 0.25) is 0 Å². The lowest BCUT2D eigenvalue weighted by molar-refractivity contribution is -0.385. The van der Waals surface area contributed by atoms with Crippen molar-refractivity contribution < 1.29 is 18.1 Å². The highest BCUT2D eigenvalue weighted by molar-refractivity contribution is 7.89. The second kappa shape index (κ2) is 6.64. The Kier molecular flexibility index (Phi) is 5.43. The van der Waals surface area contributed by atoms with E-state index < -0.39 is 21.0 Å². The van der Waals surface area contributed by atoms with E-state index in [9.17, 15) is 18.5 Å². The Bertz CT molecular complexity index is 588. The largest absolute Gasteiger partial charge is 0.398 e. The van der Waals surface area contributed by atoms with Crippen LogP contribution in [0, 0.1) is 10.1 Å². The lowest BCUT2D eigenvalue weighted by Crippen LogP contribution is -2.36. The molecule has 1 aromatic carbocycles. The predicted molar refractivity (Wildman–Crippen MR) is 73.8 cm³/mol. The number of nitro benzene ring substituents is 1. The lowest BCUT2D eigenvalue weighted by Gasteiger charge is -2.15. The molecule has 0 aliphatic heterocycles. The summed E-state index contributed by atoms with van der Waals surface area (Å²) in [5.41, 5.74) is 5.19. The molecular weight excluding hydrogens is 286 g/mol. The molecule has 9 heteroatoms. The maximum Gasteiger partial charge on any atom is 0.270 e. The van der Waals surface area contributed by atoms with Crippen LogP contribution in [0.4, 0.5) is 11.4 Å². The van der Waals surface area contributed by atoms with Crippen LogP contribution in [0.25, 0.3) is 0 Å². The summed E-state index contributed by atoms with van der Waals surface area (Å²) in [6.45, 7) is 4.08. The summed E-state index contributed by atoms with van der Waals surface area (Å²) in [5, 5.41) is 10.7. The van der Waals surface area contributed by atoms with Crippen molar-refractivity contribution in [1.29, 1.82) is 0 Å². The Morgan fingerprint density at radius 1 is 1.50 bits per heavy atom. The highest BCUT2D eigenvalue weighted by atomic mass is 32.2. The van der Waals surface area contributed by atoms with Gasteiger partial charge in [0.15, 0.2) is 0 Å². The molecule has 1 atom stereocenters. The van der Waals surface area contributed by atoms with Gasteiger partial charge in [-0.25, -0.2) is 13.1 Å². The van der Waals surface area contributed by atoms with Gasteiger partial charge in [-0.2, -0.15) is 0 Å². The molecule has 0 saturated carbocycles. The summed E-state index contributed by atoms with van der Waals surface area (Å²) in [6.07, 6.45) is 0. The lowest BCUT2D eigenvalue weighted by atomic mass is 10.3. The molecule has 0 aliphatic rings. The van der Waals surface area contributed by atoms with Crippen LogP contribution in [0.5, 0.6) is 0 Å².